The van der Waals surface area contributed by atoms with Crippen molar-refractivity contribution in [2.45, 2.75) is 45.2 Å². The van der Waals surface area contributed by atoms with Crippen molar-refractivity contribution in [3.63, 3.8) is 0 Å². The van der Waals surface area contributed by atoms with Gasteiger partial charge >= 0.3 is 5.97 Å². The number of carboxylic acid groups (broad SMARTS) is 1. The number of rotatable bonds is 8. The summed E-state index contributed by atoms with van der Waals surface area (Å²) < 4.78 is 25.9. The SMILES string of the molecule is CC(C)C(N)C(=O)NC(CCCc1ccc(F)c(F)c1)C(=O)O. The second-order valence-corrected chi connectivity index (χ2v) is 5.81. The lowest BCUT2D eigenvalue weighted by atomic mass is 10.0. The van der Waals surface area contributed by atoms with Crippen LogP contribution in [-0.2, 0) is 16.0 Å². The molecule has 2 unspecified atom stereocenters. The van der Waals surface area contributed by atoms with Crippen molar-refractivity contribution >= 4 is 11.9 Å². The molecule has 5 nitrogen and oxygen atoms in total. The Balaban J connectivity index is 2.55. The molecule has 1 amide bonds. The maximum Gasteiger partial charge on any atom is 0.326 e. The predicted octanol–water partition coefficient (Wildman–Crippen LogP) is 1.84. The average molecular weight is 328 g/mol. The number of halogens is 2. The van der Waals surface area contributed by atoms with E-state index in [0.29, 0.717) is 18.4 Å². The molecule has 0 spiro atoms. The second-order valence-electron chi connectivity index (χ2n) is 5.81. The molecule has 4 N–H and O–H groups in total. The highest BCUT2D eigenvalue weighted by atomic mass is 19.2. The first-order valence-corrected chi connectivity index (χ1v) is 7.45. The molecule has 1 rings (SSSR count). The Kier molecular flexibility index (Phi) is 7.09. The molecule has 1 aromatic rings. The first-order valence-electron chi connectivity index (χ1n) is 7.45. The Bertz CT molecular complexity index is 564. The van der Waals surface area contributed by atoms with Gasteiger partial charge in [-0.25, -0.2) is 13.6 Å². The number of carbonyl (C=O) groups is 2. The first-order chi connectivity index (χ1) is 10.7. The number of carbonyl (C=O) groups excluding carboxylic acids is 1. The van der Waals surface area contributed by atoms with Gasteiger partial charge in [0, 0.05) is 0 Å². The van der Waals surface area contributed by atoms with E-state index in [1.54, 1.807) is 13.8 Å². The minimum Gasteiger partial charge on any atom is -0.480 e. The fraction of sp³-hybridized carbons (Fsp3) is 0.500. The molecule has 2 atom stereocenters. The molecular formula is C16H22F2N2O3. The van der Waals surface area contributed by atoms with E-state index < -0.39 is 35.6 Å². The summed E-state index contributed by atoms with van der Waals surface area (Å²) in [6.07, 6.45) is 0.956. The van der Waals surface area contributed by atoms with Crippen LogP contribution >= 0.6 is 0 Å². The van der Waals surface area contributed by atoms with Crippen LogP contribution in [0.5, 0.6) is 0 Å². The number of benzene rings is 1. The lowest BCUT2D eigenvalue weighted by molar-refractivity contribution is -0.142. The number of nitrogens with two attached hydrogens (primary N) is 1. The van der Waals surface area contributed by atoms with E-state index in [0.717, 1.165) is 12.1 Å². The zero-order chi connectivity index (χ0) is 17.6. The van der Waals surface area contributed by atoms with E-state index in [-0.39, 0.29) is 12.3 Å². The summed E-state index contributed by atoms with van der Waals surface area (Å²) in [6, 6.07) is 1.73. The molecule has 7 heteroatoms. The molecule has 0 bridgehead atoms. The number of nitrogens with one attached hydrogen (secondary N) is 1. The predicted molar refractivity (Wildman–Crippen MR) is 81.7 cm³/mol. The van der Waals surface area contributed by atoms with Crippen LogP contribution in [0.1, 0.15) is 32.3 Å². The first kappa shape index (κ1) is 19.0. The molecule has 0 radical (unpaired) electrons. The maximum absolute atomic E-state index is 13.1. The Labute approximate surface area is 133 Å². The van der Waals surface area contributed by atoms with Gasteiger partial charge in [0.1, 0.15) is 6.04 Å². The minimum atomic E-state index is -1.15. The largest absolute Gasteiger partial charge is 0.480 e. The number of aryl methyl sites for hydroxylation is 1. The van der Waals surface area contributed by atoms with E-state index in [9.17, 15) is 18.4 Å². The highest BCUT2D eigenvalue weighted by Gasteiger charge is 2.24. The van der Waals surface area contributed by atoms with Crippen LogP contribution < -0.4 is 11.1 Å². The van der Waals surface area contributed by atoms with Crippen molar-refractivity contribution in [3.05, 3.63) is 35.4 Å². The van der Waals surface area contributed by atoms with Crippen LogP contribution in [0.3, 0.4) is 0 Å². The number of amides is 1. The van der Waals surface area contributed by atoms with Crippen molar-refractivity contribution in [1.82, 2.24) is 5.32 Å². The zero-order valence-electron chi connectivity index (χ0n) is 13.2. The molecule has 23 heavy (non-hydrogen) atoms. The topological polar surface area (TPSA) is 92.4 Å². The van der Waals surface area contributed by atoms with Gasteiger partial charge in [0.15, 0.2) is 11.6 Å². The molecule has 0 aliphatic heterocycles. The third-order valence-corrected chi connectivity index (χ3v) is 3.58. The molecule has 0 saturated heterocycles. The van der Waals surface area contributed by atoms with Gasteiger partial charge in [0.05, 0.1) is 6.04 Å². The van der Waals surface area contributed by atoms with E-state index in [1.807, 2.05) is 0 Å². The molecule has 0 heterocycles. The van der Waals surface area contributed by atoms with Crippen molar-refractivity contribution in [3.8, 4) is 0 Å². The van der Waals surface area contributed by atoms with Crippen LogP contribution in [-0.4, -0.2) is 29.1 Å². The molecular weight excluding hydrogens is 306 g/mol. The number of hydrogen-bond donors (Lipinski definition) is 3. The van der Waals surface area contributed by atoms with Crippen molar-refractivity contribution in [2.75, 3.05) is 0 Å². The minimum absolute atomic E-state index is 0.105. The van der Waals surface area contributed by atoms with Crippen LogP contribution in [0.25, 0.3) is 0 Å². The fourth-order valence-electron chi connectivity index (χ4n) is 2.03. The smallest absolute Gasteiger partial charge is 0.326 e. The van der Waals surface area contributed by atoms with E-state index in [4.69, 9.17) is 10.8 Å². The van der Waals surface area contributed by atoms with E-state index >= 15 is 0 Å². The van der Waals surface area contributed by atoms with Gasteiger partial charge in [0.25, 0.3) is 0 Å². The molecule has 0 aliphatic rings. The van der Waals surface area contributed by atoms with Crippen LogP contribution in [0.2, 0.25) is 0 Å². The van der Waals surface area contributed by atoms with Crippen molar-refractivity contribution in [1.29, 1.82) is 0 Å². The number of hydrogen-bond acceptors (Lipinski definition) is 3. The summed E-state index contributed by atoms with van der Waals surface area (Å²) in [5.41, 5.74) is 6.24. The van der Waals surface area contributed by atoms with Crippen LogP contribution in [0.15, 0.2) is 18.2 Å². The zero-order valence-corrected chi connectivity index (χ0v) is 13.2. The number of aliphatic carboxylic acids is 1. The van der Waals surface area contributed by atoms with Gasteiger partial charge in [-0.05, 0) is 42.9 Å². The third-order valence-electron chi connectivity index (χ3n) is 3.58. The second kappa shape index (κ2) is 8.57. The summed E-state index contributed by atoms with van der Waals surface area (Å²) in [4.78, 5) is 23.0. The Morgan fingerprint density at radius 2 is 1.91 bits per heavy atom. The summed E-state index contributed by atoms with van der Waals surface area (Å²) in [5, 5.41) is 11.6. The third kappa shape index (κ3) is 5.94. The van der Waals surface area contributed by atoms with Gasteiger partial charge in [-0.15, -0.1) is 0 Å². The summed E-state index contributed by atoms with van der Waals surface area (Å²) in [6.45, 7) is 3.53. The van der Waals surface area contributed by atoms with Crippen molar-refractivity contribution in [2.24, 2.45) is 11.7 Å². The van der Waals surface area contributed by atoms with Crippen LogP contribution in [0.4, 0.5) is 8.78 Å². The molecule has 0 aliphatic carbocycles. The molecule has 128 valence electrons. The van der Waals surface area contributed by atoms with E-state index in [2.05, 4.69) is 5.32 Å². The monoisotopic (exact) mass is 328 g/mol. The molecule has 1 aromatic carbocycles. The van der Waals surface area contributed by atoms with Gasteiger partial charge in [-0.2, -0.15) is 0 Å². The Morgan fingerprint density at radius 3 is 2.43 bits per heavy atom. The van der Waals surface area contributed by atoms with Gasteiger partial charge in [-0.1, -0.05) is 19.9 Å². The molecule has 0 aromatic heterocycles. The normalized spacial score (nSPS) is 13.7. The lowest BCUT2D eigenvalue weighted by Crippen LogP contribution is -2.50. The summed E-state index contributed by atoms with van der Waals surface area (Å²) in [7, 11) is 0. The maximum atomic E-state index is 13.1. The number of carboxylic acids is 1. The average Bonchev–Trinajstić information content (AvgIpc) is 2.48. The summed E-state index contributed by atoms with van der Waals surface area (Å²) in [5.74, 6) is -3.63. The highest BCUT2D eigenvalue weighted by Crippen LogP contribution is 2.12. The van der Waals surface area contributed by atoms with Crippen molar-refractivity contribution < 1.29 is 23.5 Å². The van der Waals surface area contributed by atoms with Gasteiger partial charge < -0.3 is 16.2 Å². The molecule has 0 saturated carbocycles. The van der Waals surface area contributed by atoms with E-state index in [1.165, 1.54) is 6.07 Å². The lowest BCUT2D eigenvalue weighted by Gasteiger charge is -2.19. The van der Waals surface area contributed by atoms with Crippen LogP contribution in [0, 0.1) is 17.6 Å². The molecule has 0 fully saturated rings. The highest BCUT2D eigenvalue weighted by molar-refractivity contribution is 5.86. The summed E-state index contributed by atoms with van der Waals surface area (Å²) >= 11 is 0. The standard InChI is InChI=1S/C16H22F2N2O3/c1-9(2)14(19)15(21)20-13(16(22)23)5-3-4-10-6-7-11(17)12(18)8-10/h6-9,13-14H,3-5,19H2,1-2H3,(H,20,21)(H,22,23). The Hall–Kier alpha value is -2.02. The van der Waals surface area contributed by atoms with Gasteiger partial charge in [0.2, 0.25) is 5.91 Å². The van der Waals surface area contributed by atoms with Gasteiger partial charge in [-0.3, -0.25) is 4.79 Å². The Morgan fingerprint density at radius 1 is 1.26 bits per heavy atom. The quantitative estimate of drug-likeness (QED) is 0.679. The fourth-order valence-corrected chi connectivity index (χ4v) is 2.03.